The van der Waals surface area contributed by atoms with Crippen LogP contribution in [0.3, 0.4) is 0 Å². The summed E-state index contributed by atoms with van der Waals surface area (Å²) in [5.41, 5.74) is 5.83. The summed E-state index contributed by atoms with van der Waals surface area (Å²) < 4.78 is 5.58. The normalized spacial score (nSPS) is 20.2. The Bertz CT molecular complexity index is 383. The fourth-order valence-corrected chi connectivity index (χ4v) is 2.32. The number of nitrogens with zero attached hydrogens (tertiary/aromatic N) is 3. The first-order chi connectivity index (χ1) is 8.70. The van der Waals surface area contributed by atoms with Gasteiger partial charge >= 0.3 is 0 Å². The van der Waals surface area contributed by atoms with Gasteiger partial charge in [0.25, 0.3) is 0 Å². The van der Waals surface area contributed by atoms with Gasteiger partial charge in [-0.15, -0.1) is 0 Å². The number of rotatable bonds is 4. The molecule has 0 spiro atoms. The van der Waals surface area contributed by atoms with Crippen molar-refractivity contribution in [3.63, 3.8) is 0 Å². The number of piperidine rings is 1. The molecule has 1 aliphatic rings. The minimum absolute atomic E-state index is 0.112. The fourth-order valence-electron chi connectivity index (χ4n) is 2.32. The molecule has 5 heteroatoms. The molecule has 1 saturated heterocycles. The van der Waals surface area contributed by atoms with Crippen molar-refractivity contribution in [2.24, 2.45) is 5.73 Å². The molecule has 2 N–H and O–H groups in total. The molecule has 0 aromatic carbocycles. The quantitative estimate of drug-likeness (QED) is 0.879. The maximum absolute atomic E-state index is 5.83. The second-order valence-electron chi connectivity index (χ2n) is 4.96. The van der Waals surface area contributed by atoms with E-state index in [1.807, 2.05) is 13.8 Å². The van der Waals surface area contributed by atoms with Crippen LogP contribution in [0.5, 0.6) is 5.88 Å². The first-order valence-corrected chi connectivity index (χ1v) is 6.66. The van der Waals surface area contributed by atoms with Gasteiger partial charge in [-0.3, -0.25) is 4.98 Å². The molecule has 0 saturated carbocycles. The summed E-state index contributed by atoms with van der Waals surface area (Å²) in [6.07, 6.45) is 7.13. The van der Waals surface area contributed by atoms with E-state index < -0.39 is 0 Å². The first-order valence-electron chi connectivity index (χ1n) is 6.66. The monoisotopic (exact) mass is 250 g/mol. The highest BCUT2D eigenvalue weighted by molar-refractivity contribution is 5.39. The Balaban J connectivity index is 2.15. The van der Waals surface area contributed by atoms with Crippen molar-refractivity contribution < 1.29 is 4.74 Å². The molecule has 0 radical (unpaired) electrons. The zero-order valence-electron chi connectivity index (χ0n) is 11.2. The van der Waals surface area contributed by atoms with Crippen LogP contribution in [-0.2, 0) is 0 Å². The third kappa shape index (κ3) is 3.10. The maximum Gasteiger partial charge on any atom is 0.234 e. The van der Waals surface area contributed by atoms with Gasteiger partial charge in [-0.05, 0) is 33.1 Å². The minimum Gasteiger partial charge on any atom is -0.474 e. The number of ether oxygens (including phenoxy) is 1. The summed E-state index contributed by atoms with van der Waals surface area (Å²) in [5.74, 6) is 1.46. The van der Waals surface area contributed by atoms with E-state index in [2.05, 4.69) is 14.9 Å². The average molecular weight is 250 g/mol. The number of hydrogen-bond donors (Lipinski definition) is 1. The molecular formula is C13H22N4O. The molecule has 0 aliphatic carbocycles. The second-order valence-corrected chi connectivity index (χ2v) is 4.96. The van der Waals surface area contributed by atoms with E-state index in [0.29, 0.717) is 18.5 Å². The van der Waals surface area contributed by atoms with Gasteiger partial charge in [-0.2, -0.15) is 4.98 Å². The summed E-state index contributed by atoms with van der Waals surface area (Å²) in [6, 6.07) is 0.377. The molecule has 18 heavy (non-hydrogen) atoms. The molecule has 1 aliphatic heterocycles. The fraction of sp³-hybridized carbons (Fsp3) is 0.692. The van der Waals surface area contributed by atoms with Crippen LogP contribution < -0.4 is 15.4 Å². The zero-order chi connectivity index (χ0) is 13.0. The van der Waals surface area contributed by atoms with Gasteiger partial charge in [0.05, 0.1) is 18.5 Å². The van der Waals surface area contributed by atoms with Crippen LogP contribution >= 0.6 is 0 Å². The van der Waals surface area contributed by atoms with Crippen molar-refractivity contribution in [1.82, 2.24) is 9.97 Å². The molecule has 1 aromatic rings. The van der Waals surface area contributed by atoms with Crippen LogP contribution in [0, 0.1) is 0 Å². The molecule has 2 heterocycles. The standard InChI is InChI=1S/C13H22N4O/c1-10(2)18-13-9-15-8-12(16-13)17-6-4-3-5-11(17)7-14/h8-11H,3-7,14H2,1-2H3. The first kappa shape index (κ1) is 13.1. The van der Waals surface area contributed by atoms with Crippen LogP contribution in [-0.4, -0.2) is 35.2 Å². The Morgan fingerprint density at radius 3 is 3.00 bits per heavy atom. The van der Waals surface area contributed by atoms with E-state index in [9.17, 15) is 0 Å². The van der Waals surface area contributed by atoms with Gasteiger partial charge in [-0.1, -0.05) is 0 Å². The van der Waals surface area contributed by atoms with Gasteiger partial charge < -0.3 is 15.4 Å². The lowest BCUT2D eigenvalue weighted by Gasteiger charge is -2.35. The number of aromatic nitrogens is 2. The van der Waals surface area contributed by atoms with Crippen LogP contribution in [0.15, 0.2) is 12.4 Å². The summed E-state index contributed by atoms with van der Waals surface area (Å²) in [5, 5.41) is 0. The van der Waals surface area contributed by atoms with E-state index in [4.69, 9.17) is 10.5 Å². The smallest absolute Gasteiger partial charge is 0.234 e. The van der Waals surface area contributed by atoms with Crippen molar-refractivity contribution in [1.29, 1.82) is 0 Å². The van der Waals surface area contributed by atoms with Gasteiger partial charge in [0, 0.05) is 19.1 Å². The summed E-state index contributed by atoms with van der Waals surface area (Å²) in [4.78, 5) is 11.0. The summed E-state index contributed by atoms with van der Waals surface area (Å²) in [7, 11) is 0. The van der Waals surface area contributed by atoms with E-state index in [1.165, 1.54) is 12.8 Å². The van der Waals surface area contributed by atoms with Crippen molar-refractivity contribution in [2.45, 2.75) is 45.3 Å². The van der Waals surface area contributed by atoms with Crippen LogP contribution in [0.2, 0.25) is 0 Å². The lowest BCUT2D eigenvalue weighted by atomic mass is 10.0. The van der Waals surface area contributed by atoms with E-state index in [0.717, 1.165) is 18.8 Å². The molecular weight excluding hydrogens is 228 g/mol. The summed E-state index contributed by atoms with van der Waals surface area (Å²) in [6.45, 7) is 5.63. The van der Waals surface area contributed by atoms with Gasteiger partial charge in [0.2, 0.25) is 5.88 Å². The van der Waals surface area contributed by atoms with Crippen LogP contribution in [0.1, 0.15) is 33.1 Å². The largest absolute Gasteiger partial charge is 0.474 e. The second kappa shape index (κ2) is 6.00. The molecule has 1 unspecified atom stereocenters. The van der Waals surface area contributed by atoms with E-state index >= 15 is 0 Å². The Morgan fingerprint density at radius 1 is 1.44 bits per heavy atom. The molecule has 100 valence electrons. The molecule has 1 atom stereocenters. The Labute approximate surface area is 108 Å². The highest BCUT2D eigenvalue weighted by Gasteiger charge is 2.22. The predicted molar refractivity (Wildman–Crippen MR) is 71.8 cm³/mol. The third-order valence-corrected chi connectivity index (χ3v) is 3.15. The number of nitrogens with two attached hydrogens (primary N) is 1. The maximum atomic E-state index is 5.83. The topological polar surface area (TPSA) is 64.3 Å². The number of anilines is 1. The number of hydrogen-bond acceptors (Lipinski definition) is 5. The highest BCUT2D eigenvalue weighted by Crippen LogP contribution is 2.23. The molecule has 1 fully saturated rings. The minimum atomic E-state index is 0.112. The van der Waals surface area contributed by atoms with Crippen LogP contribution in [0.4, 0.5) is 5.82 Å². The predicted octanol–water partition coefficient (Wildman–Crippen LogP) is 1.58. The van der Waals surface area contributed by atoms with Crippen molar-refractivity contribution in [3.05, 3.63) is 12.4 Å². The lowest BCUT2D eigenvalue weighted by Crippen LogP contribution is -2.44. The Hall–Kier alpha value is -1.36. The molecule has 0 amide bonds. The molecule has 2 rings (SSSR count). The van der Waals surface area contributed by atoms with Gasteiger partial charge in [0.1, 0.15) is 0 Å². The third-order valence-electron chi connectivity index (χ3n) is 3.15. The van der Waals surface area contributed by atoms with E-state index in [-0.39, 0.29) is 6.10 Å². The lowest BCUT2D eigenvalue weighted by molar-refractivity contribution is 0.231. The van der Waals surface area contributed by atoms with Crippen molar-refractivity contribution in [3.8, 4) is 5.88 Å². The summed E-state index contributed by atoms with van der Waals surface area (Å²) >= 11 is 0. The molecule has 5 nitrogen and oxygen atoms in total. The van der Waals surface area contributed by atoms with Crippen molar-refractivity contribution in [2.75, 3.05) is 18.0 Å². The van der Waals surface area contributed by atoms with Gasteiger partial charge in [-0.25, -0.2) is 0 Å². The van der Waals surface area contributed by atoms with Gasteiger partial charge in [0.15, 0.2) is 5.82 Å². The highest BCUT2D eigenvalue weighted by atomic mass is 16.5. The zero-order valence-corrected chi connectivity index (χ0v) is 11.2. The SMILES string of the molecule is CC(C)Oc1cncc(N2CCCCC2CN)n1. The van der Waals surface area contributed by atoms with Crippen molar-refractivity contribution >= 4 is 5.82 Å². The Kier molecular flexibility index (Phi) is 4.36. The molecule has 0 bridgehead atoms. The average Bonchev–Trinajstić information content (AvgIpc) is 2.38. The Morgan fingerprint density at radius 2 is 2.28 bits per heavy atom. The van der Waals surface area contributed by atoms with Crippen LogP contribution in [0.25, 0.3) is 0 Å². The van der Waals surface area contributed by atoms with E-state index in [1.54, 1.807) is 12.4 Å². The molecule has 1 aromatic heterocycles.